The van der Waals surface area contributed by atoms with Crippen molar-refractivity contribution in [3.05, 3.63) is 73.8 Å². The van der Waals surface area contributed by atoms with Gasteiger partial charge in [0.05, 0.1) is 26.9 Å². The van der Waals surface area contributed by atoms with Gasteiger partial charge in [0.1, 0.15) is 12.1 Å². The third-order valence-corrected chi connectivity index (χ3v) is 8.12. The van der Waals surface area contributed by atoms with Crippen LogP contribution in [-0.4, -0.2) is 52.5 Å². The van der Waals surface area contributed by atoms with Crippen molar-refractivity contribution in [2.75, 3.05) is 11.9 Å². The van der Waals surface area contributed by atoms with E-state index < -0.39 is 28.4 Å². The van der Waals surface area contributed by atoms with Gasteiger partial charge < -0.3 is 16.2 Å². The molecule has 36 heavy (non-hydrogen) atoms. The predicted octanol–water partition coefficient (Wildman–Crippen LogP) is 3.07. The van der Waals surface area contributed by atoms with Gasteiger partial charge in [-0.2, -0.15) is 13.1 Å². The van der Waals surface area contributed by atoms with Crippen LogP contribution < -0.4 is 15.8 Å². The number of hydrogen-bond acceptors (Lipinski definition) is 9. The molecule has 4 rings (SSSR count). The third kappa shape index (κ3) is 6.39. The first kappa shape index (κ1) is 26.9. The van der Waals surface area contributed by atoms with Gasteiger partial charge in [-0.1, -0.05) is 35.3 Å². The smallest absolute Gasteiger partial charge is 0.333 e. The summed E-state index contributed by atoms with van der Waals surface area (Å²) in [6, 6.07) is 7.88. The first-order valence-corrected chi connectivity index (χ1v) is 13.8. The number of halogens is 2. The highest BCUT2D eigenvalue weighted by molar-refractivity contribution is 7.83. The van der Waals surface area contributed by atoms with Crippen LogP contribution in [0.1, 0.15) is 45.2 Å². The Morgan fingerprint density at radius 3 is 2.78 bits per heavy atom. The van der Waals surface area contributed by atoms with E-state index in [-0.39, 0.29) is 29.8 Å². The van der Waals surface area contributed by atoms with E-state index in [9.17, 15) is 18.3 Å². The van der Waals surface area contributed by atoms with Crippen molar-refractivity contribution in [3.8, 4) is 0 Å². The molecule has 3 aromatic rings. The molecule has 0 saturated heterocycles. The van der Waals surface area contributed by atoms with Crippen molar-refractivity contribution in [1.82, 2.24) is 14.7 Å². The minimum absolute atomic E-state index is 0.114. The zero-order valence-corrected chi connectivity index (χ0v) is 21.8. The summed E-state index contributed by atoms with van der Waals surface area (Å²) in [5, 5.41) is 14.0. The summed E-state index contributed by atoms with van der Waals surface area (Å²) in [6.45, 7) is -0.114. The highest BCUT2D eigenvalue weighted by Gasteiger charge is 2.34. The molecular formula is C22H23Cl2N5O5S2. The number of aliphatic hydroxyl groups excluding tert-OH is 1. The molecule has 1 saturated carbocycles. The maximum atomic E-state index is 13.4. The molecule has 1 aliphatic rings. The number of hydrogen-bond donors (Lipinski definition) is 5. The SMILES string of the molecule is N[C@H](c1cccc(Cl)c1)c1cc(C(=O)c2cncnc2N[C@@H]2C[C@H](CNS(=O)(=O)O)[C@@H](O)C2)sc1Cl. The summed E-state index contributed by atoms with van der Waals surface area (Å²) >= 11 is 13.6. The van der Waals surface area contributed by atoms with Gasteiger partial charge in [0, 0.05) is 35.3 Å². The normalized spacial score (nSPS) is 20.9. The zero-order chi connectivity index (χ0) is 26.0. The number of carbonyl (C=O) groups excluding carboxylic acids is 1. The van der Waals surface area contributed by atoms with Crippen LogP contribution in [0.2, 0.25) is 9.36 Å². The van der Waals surface area contributed by atoms with Gasteiger partial charge in [-0.3, -0.25) is 9.35 Å². The maximum Gasteiger partial charge on any atom is 0.333 e. The van der Waals surface area contributed by atoms with Crippen LogP contribution in [0.5, 0.6) is 0 Å². The fourth-order valence-electron chi connectivity index (χ4n) is 4.18. The Bertz CT molecular complexity index is 1370. The molecule has 1 aromatic carbocycles. The Kier molecular flexibility index (Phi) is 8.27. The van der Waals surface area contributed by atoms with Crippen LogP contribution in [0.15, 0.2) is 42.9 Å². The van der Waals surface area contributed by atoms with Crippen LogP contribution in [0.4, 0.5) is 5.82 Å². The molecule has 1 fully saturated rings. The van der Waals surface area contributed by atoms with E-state index in [1.807, 2.05) is 10.8 Å². The molecule has 0 amide bonds. The lowest BCUT2D eigenvalue weighted by molar-refractivity contribution is 0.104. The Hall–Kier alpha value is -2.16. The summed E-state index contributed by atoms with van der Waals surface area (Å²) in [7, 11) is -4.36. The van der Waals surface area contributed by atoms with Crippen molar-refractivity contribution in [3.63, 3.8) is 0 Å². The molecule has 2 heterocycles. The lowest BCUT2D eigenvalue weighted by atomic mass is 10.0. The zero-order valence-electron chi connectivity index (χ0n) is 18.6. The molecule has 10 nitrogen and oxygen atoms in total. The van der Waals surface area contributed by atoms with Crippen LogP contribution >= 0.6 is 34.5 Å². The highest BCUT2D eigenvalue weighted by Crippen LogP contribution is 2.36. The second kappa shape index (κ2) is 11.1. The number of nitrogens with zero attached hydrogens (tertiary/aromatic N) is 2. The molecule has 1 aliphatic carbocycles. The van der Waals surface area contributed by atoms with E-state index in [4.69, 9.17) is 33.5 Å². The molecule has 0 unspecified atom stereocenters. The quantitative estimate of drug-likeness (QED) is 0.191. The minimum Gasteiger partial charge on any atom is -0.393 e. The maximum absolute atomic E-state index is 13.4. The number of nitrogens with two attached hydrogens (primary N) is 1. The van der Waals surface area contributed by atoms with Crippen molar-refractivity contribution >= 4 is 56.4 Å². The Labute approximate surface area is 221 Å². The molecule has 0 bridgehead atoms. The summed E-state index contributed by atoms with van der Waals surface area (Å²) in [6.07, 6.45) is 2.59. The molecule has 6 N–H and O–H groups in total. The summed E-state index contributed by atoms with van der Waals surface area (Å²) < 4.78 is 33.2. The number of thiophene rings is 1. The van der Waals surface area contributed by atoms with Gasteiger partial charge in [-0.25, -0.2) is 9.97 Å². The fraction of sp³-hybridized carbons (Fsp3) is 0.318. The Balaban J connectivity index is 1.51. The summed E-state index contributed by atoms with van der Waals surface area (Å²) in [5.74, 6) is -0.490. The number of benzene rings is 1. The Morgan fingerprint density at radius 1 is 1.28 bits per heavy atom. The molecule has 0 radical (unpaired) electrons. The molecule has 0 spiro atoms. The van der Waals surface area contributed by atoms with Crippen LogP contribution in [0, 0.1) is 5.92 Å². The fourth-order valence-corrected chi connectivity index (χ4v) is 6.11. The second-order valence-electron chi connectivity index (χ2n) is 8.45. The number of anilines is 1. The van der Waals surface area contributed by atoms with E-state index >= 15 is 0 Å². The molecule has 192 valence electrons. The molecule has 4 atom stereocenters. The first-order chi connectivity index (χ1) is 17.0. The lowest BCUT2D eigenvalue weighted by Gasteiger charge is -2.15. The van der Waals surface area contributed by atoms with Crippen LogP contribution in [0.25, 0.3) is 0 Å². The average Bonchev–Trinajstić information content (AvgIpc) is 3.38. The first-order valence-electron chi connectivity index (χ1n) is 10.8. The van der Waals surface area contributed by atoms with Crippen molar-refractivity contribution < 1.29 is 22.9 Å². The van der Waals surface area contributed by atoms with Gasteiger partial charge in [0.25, 0.3) is 0 Å². The second-order valence-corrected chi connectivity index (χ2v) is 11.8. The molecular weight excluding hydrogens is 549 g/mol. The topological polar surface area (TPSA) is 168 Å². The van der Waals surface area contributed by atoms with E-state index in [0.29, 0.717) is 32.6 Å². The van der Waals surface area contributed by atoms with E-state index in [1.54, 1.807) is 24.3 Å². The minimum atomic E-state index is -4.36. The van der Waals surface area contributed by atoms with Crippen molar-refractivity contribution in [2.45, 2.75) is 31.0 Å². The number of aromatic nitrogens is 2. The van der Waals surface area contributed by atoms with E-state index in [2.05, 4.69) is 15.3 Å². The van der Waals surface area contributed by atoms with Crippen molar-refractivity contribution in [1.29, 1.82) is 0 Å². The molecule has 0 aliphatic heterocycles. The van der Waals surface area contributed by atoms with Gasteiger partial charge >= 0.3 is 10.3 Å². The largest absolute Gasteiger partial charge is 0.393 e. The van der Waals surface area contributed by atoms with Gasteiger partial charge in [0.15, 0.2) is 0 Å². The monoisotopic (exact) mass is 571 g/mol. The van der Waals surface area contributed by atoms with E-state index in [1.165, 1.54) is 12.5 Å². The Morgan fingerprint density at radius 2 is 2.06 bits per heavy atom. The standard InChI is InChI=1S/C22H23Cl2N5O5S2/c23-13-3-1-2-11(4-13)19(25)15-7-18(35-21(15)24)20(31)16-9-26-10-27-22(16)29-14-5-12(17(30)6-14)8-28-36(32,33)34/h1-4,7,9-10,12,14,17,19,28,30H,5-6,8,25H2,(H,26,27,29)(H,32,33,34)/t12-,14-,17+,19-/m1/s1. The number of nitrogens with one attached hydrogen (secondary N) is 2. The number of carbonyl (C=O) groups is 1. The van der Waals surface area contributed by atoms with Crippen LogP contribution in [0.3, 0.4) is 0 Å². The molecule has 2 aromatic heterocycles. The van der Waals surface area contributed by atoms with Crippen LogP contribution in [-0.2, 0) is 10.3 Å². The van der Waals surface area contributed by atoms with Gasteiger partial charge in [-0.15, -0.1) is 11.3 Å². The average molecular weight is 572 g/mol. The summed E-state index contributed by atoms with van der Waals surface area (Å²) in [4.78, 5) is 21.9. The number of aliphatic hydroxyl groups is 1. The van der Waals surface area contributed by atoms with E-state index in [0.717, 1.165) is 16.9 Å². The summed E-state index contributed by atoms with van der Waals surface area (Å²) in [5.41, 5.74) is 7.95. The predicted molar refractivity (Wildman–Crippen MR) is 138 cm³/mol. The van der Waals surface area contributed by atoms with Crippen molar-refractivity contribution in [2.24, 2.45) is 11.7 Å². The van der Waals surface area contributed by atoms with Gasteiger partial charge in [-0.05, 0) is 36.6 Å². The third-order valence-electron chi connectivity index (χ3n) is 5.96. The number of ketones is 1. The highest BCUT2D eigenvalue weighted by atomic mass is 35.5. The lowest BCUT2D eigenvalue weighted by Crippen LogP contribution is -2.32. The molecule has 14 heteroatoms. The number of rotatable bonds is 9. The van der Waals surface area contributed by atoms with Gasteiger partial charge in [0.2, 0.25) is 5.78 Å².